The Morgan fingerprint density at radius 3 is 2.48 bits per heavy atom. The molecule has 1 heterocycles. The van der Waals surface area contributed by atoms with E-state index >= 15 is 0 Å². The third-order valence-electron chi connectivity index (χ3n) is 5.88. The smallest absolute Gasteiger partial charge is 0.251 e. The first-order chi connectivity index (χ1) is 14.9. The normalized spacial score (nSPS) is 16.4. The summed E-state index contributed by atoms with van der Waals surface area (Å²) >= 11 is 0. The Kier molecular flexibility index (Phi) is 11.0. The fourth-order valence-electron chi connectivity index (χ4n) is 4.02. The number of hydrogen-bond acceptors (Lipinski definition) is 4. The number of carbonyl (C=O) groups excluding carboxylic acids is 2. The van der Waals surface area contributed by atoms with Crippen molar-refractivity contribution in [1.29, 1.82) is 0 Å². The number of ether oxygens (including phenoxy) is 1. The second-order valence-electron chi connectivity index (χ2n) is 8.99. The van der Waals surface area contributed by atoms with Gasteiger partial charge in [-0.05, 0) is 62.0 Å². The fourth-order valence-corrected chi connectivity index (χ4v) is 4.02. The van der Waals surface area contributed by atoms with Crippen molar-refractivity contribution in [3.8, 4) is 0 Å². The molecule has 0 saturated heterocycles. The van der Waals surface area contributed by atoms with Crippen LogP contribution < -0.4 is 10.2 Å². The van der Waals surface area contributed by atoms with Gasteiger partial charge in [-0.3, -0.25) is 14.5 Å². The summed E-state index contributed by atoms with van der Waals surface area (Å²) in [5, 5.41) is 2.90. The molecular weight excluding hydrogens is 390 g/mol. The van der Waals surface area contributed by atoms with E-state index in [1.807, 2.05) is 23.1 Å². The Bertz CT molecular complexity index is 705. The third kappa shape index (κ3) is 8.62. The maximum absolute atomic E-state index is 12.6. The lowest BCUT2D eigenvalue weighted by molar-refractivity contribution is -0.116. The van der Waals surface area contributed by atoms with E-state index in [4.69, 9.17) is 4.74 Å². The Hall–Kier alpha value is -1.92. The first-order valence-corrected chi connectivity index (χ1v) is 11.8. The molecule has 6 heteroatoms. The van der Waals surface area contributed by atoms with Gasteiger partial charge in [0.2, 0.25) is 5.91 Å². The van der Waals surface area contributed by atoms with Gasteiger partial charge in [0.1, 0.15) is 0 Å². The van der Waals surface area contributed by atoms with E-state index in [9.17, 15) is 9.59 Å². The summed E-state index contributed by atoms with van der Waals surface area (Å²) in [5.41, 5.74) is 2.63. The van der Waals surface area contributed by atoms with Gasteiger partial charge in [-0.15, -0.1) is 0 Å². The molecule has 0 aliphatic carbocycles. The van der Waals surface area contributed by atoms with Crippen LogP contribution in [0.5, 0.6) is 0 Å². The Labute approximate surface area is 188 Å². The first kappa shape index (κ1) is 25.3. The van der Waals surface area contributed by atoms with Crippen LogP contribution in [-0.2, 0) is 16.1 Å². The molecule has 6 nitrogen and oxygen atoms in total. The molecule has 2 amide bonds. The fraction of sp³-hybridized carbons (Fsp3) is 0.680. The molecule has 0 aromatic heterocycles. The Balaban J connectivity index is 2.35. The van der Waals surface area contributed by atoms with E-state index < -0.39 is 0 Å². The first-order valence-electron chi connectivity index (χ1n) is 11.8. The van der Waals surface area contributed by atoms with Gasteiger partial charge in [-0.2, -0.15) is 0 Å². The van der Waals surface area contributed by atoms with Gasteiger partial charge in [0.05, 0.1) is 6.61 Å². The number of amides is 2. The van der Waals surface area contributed by atoms with E-state index in [1.165, 1.54) is 19.3 Å². The van der Waals surface area contributed by atoms with E-state index in [1.54, 1.807) is 14.0 Å². The van der Waals surface area contributed by atoms with Crippen LogP contribution in [0.1, 0.15) is 75.2 Å². The third-order valence-corrected chi connectivity index (χ3v) is 5.88. The van der Waals surface area contributed by atoms with Crippen LogP contribution in [0.3, 0.4) is 0 Å². The summed E-state index contributed by atoms with van der Waals surface area (Å²) in [6, 6.07) is 5.76. The molecule has 0 saturated carbocycles. The van der Waals surface area contributed by atoms with Gasteiger partial charge >= 0.3 is 0 Å². The maximum atomic E-state index is 12.6. The van der Waals surface area contributed by atoms with E-state index in [0.29, 0.717) is 24.6 Å². The molecule has 1 aromatic carbocycles. The van der Waals surface area contributed by atoms with Gasteiger partial charge in [-0.25, -0.2) is 0 Å². The summed E-state index contributed by atoms with van der Waals surface area (Å²) in [6.45, 7) is 10.7. The largest absolute Gasteiger partial charge is 0.383 e. The van der Waals surface area contributed by atoms with Crippen LogP contribution in [0.25, 0.3) is 0 Å². The van der Waals surface area contributed by atoms with Crippen molar-refractivity contribution in [2.24, 2.45) is 5.92 Å². The molecule has 0 atom stereocenters. The van der Waals surface area contributed by atoms with Crippen LogP contribution in [-0.4, -0.2) is 56.6 Å². The average Bonchev–Trinajstić information content (AvgIpc) is 2.72. The molecule has 1 aromatic rings. The molecule has 0 radical (unpaired) electrons. The lowest BCUT2D eigenvalue weighted by Crippen LogP contribution is -2.33. The number of nitrogens with one attached hydrogen (secondary N) is 1. The topological polar surface area (TPSA) is 61.9 Å². The van der Waals surface area contributed by atoms with Gasteiger partial charge < -0.3 is 15.0 Å². The van der Waals surface area contributed by atoms with Crippen LogP contribution >= 0.6 is 0 Å². The minimum atomic E-state index is -0.103. The van der Waals surface area contributed by atoms with Gasteiger partial charge in [0, 0.05) is 44.9 Å². The summed E-state index contributed by atoms with van der Waals surface area (Å²) < 4.78 is 5.03. The average molecular weight is 432 g/mol. The lowest BCUT2D eigenvalue weighted by atomic mass is 10.0. The van der Waals surface area contributed by atoms with Crippen LogP contribution in [0.4, 0.5) is 5.69 Å². The van der Waals surface area contributed by atoms with Crippen LogP contribution in [0, 0.1) is 5.92 Å². The Morgan fingerprint density at radius 1 is 1.10 bits per heavy atom. The monoisotopic (exact) mass is 431 g/mol. The van der Waals surface area contributed by atoms with Crippen molar-refractivity contribution < 1.29 is 14.3 Å². The van der Waals surface area contributed by atoms with Gasteiger partial charge in [0.25, 0.3) is 5.91 Å². The van der Waals surface area contributed by atoms with Crippen molar-refractivity contribution in [1.82, 2.24) is 10.2 Å². The molecule has 1 aliphatic heterocycles. The van der Waals surface area contributed by atoms with E-state index in [-0.39, 0.29) is 11.8 Å². The second kappa shape index (κ2) is 13.5. The van der Waals surface area contributed by atoms with Crippen LogP contribution in [0.2, 0.25) is 0 Å². The number of carbonyl (C=O) groups is 2. The van der Waals surface area contributed by atoms with Crippen molar-refractivity contribution in [2.75, 3.05) is 44.8 Å². The number of anilines is 1. The standard InChI is InChI=1S/C25H41N3O3/c1-20(2)12-16-27-14-8-6-5-7-9-15-28(21(3)29)24-11-10-22(18-23(24)19-27)25(30)26-13-17-31-4/h10-11,18,20H,5-9,12-17,19H2,1-4H3,(H,26,30). The Morgan fingerprint density at radius 2 is 1.81 bits per heavy atom. The molecule has 174 valence electrons. The van der Waals surface area contributed by atoms with Crippen molar-refractivity contribution >= 4 is 17.5 Å². The predicted octanol–water partition coefficient (Wildman–Crippen LogP) is 4.23. The van der Waals surface area contributed by atoms with E-state index in [2.05, 4.69) is 24.1 Å². The molecular formula is C25H41N3O3. The van der Waals surface area contributed by atoms with Crippen molar-refractivity contribution in [3.05, 3.63) is 29.3 Å². The highest BCUT2D eigenvalue weighted by Crippen LogP contribution is 2.26. The number of nitrogens with zero attached hydrogens (tertiary/aromatic N) is 2. The molecule has 0 bridgehead atoms. The number of fused-ring (bicyclic) bond motifs is 1. The highest BCUT2D eigenvalue weighted by atomic mass is 16.5. The highest BCUT2D eigenvalue weighted by molar-refractivity contribution is 5.97. The maximum Gasteiger partial charge on any atom is 0.251 e. The summed E-state index contributed by atoms with van der Waals surface area (Å²) in [5.74, 6) is 0.603. The van der Waals surface area contributed by atoms with Crippen LogP contribution in [0.15, 0.2) is 18.2 Å². The second-order valence-corrected chi connectivity index (χ2v) is 8.99. The molecule has 31 heavy (non-hydrogen) atoms. The molecule has 0 unspecified atom stereocenters. The lowest BCUT2D eigenvalue weighted by Gasteiger charge is -2.29. The molecule has 1 N–H and O–H groups in total. The minimum Gasteiger partial charge on any atom is -0.383 e. The quantitative estimate of drug-likeness (QED) is 0.657. The summed E-state index contributed by atoms with van der Waals surface area (Å²) in [4.78, 5) is 29.5. The SMILES string of the molecule is COCCNC(=O)c1ccc2c(c1)CN(CCC(C)C)CCCCCCCN2C(C)=O. The highest BCUT2D eigenvalue weighted by Gasteiger charge is 2.20. The summed E-state index contributed by atoms with van der Waals surface area (Å²) in [7, 11) is 1.62. The number of methoxy groups -OCH3 is 1. The zero-order valence-electron chi connectivity index (χ0n) is 19.9. The van der Waals surface area contributed by atoms with Gasteiger partial charge in [-0.1, -0.05) is 33.1 Å². The van der Waals surface area contributed by atoms with Crippen molar-refractivity contribution in [2.45, 2.75) is 65.8 Å². The van der Waals surface area contributed by atoms with Crippen molar-refractivity contribution in [3.63, 3.8) is 0 Å². The summed E-state index contributed by atoms with van der Waals surface area (Å²) in [6.07, 6.45) is 6.94. The zero-order chi connectivity index (χ0) is 22.6. The predicted molar refractivity (Wildman–Crippen MR) is 126 cm³/mol. The van der Waals surface area contributed by atoms with Gasteiger partial charge in [0.15, 0.2) is 0 Å². The molecule has 0 fully saturated rings. The number of benzene rings is 1. The number of hydrogen-bond donors (Lipinski definition) is 1. The number of rotatable bonds is 7. The molecule has 2 rings (SSSR count). The molecule has 0 spiro atoms. The molecule has 1 aliphatic rings. The minimum absolute atomic E-state index is 0.0596. The van der Waals surface area contributed by atoms with E-state index in [0.717, 1.165) is 56.7 Å². The zero-order valence-corrected chi connectivity index (χ0v) is 19.9.